The molecule has 0 unspecified atom stereocenters. The number of nitrogens with zero attached hydrogens (tertiary/aromatic N) is 2. The van der Waals surface area contributed by atoms with Crippen molar-refractivity contribution in [1.29, 1.82) is 0 Å². The fourth-order valence-electron chi connectivity index (χ4n) is 3.78. The first kappa shape index (κ1) is 30.6. The minimum atomic E-state index is -5.74. The summed E-state index contributed by atoms with van der Waals surface area (Å²) in [5.41, 5.74) is -1.63. The molecular weight excluding hydrogens is 672 g/mol. The lowest BCUT2D eigenvalue weighted by Crippen LogP contribution is -2.18. The first-order valence-corrected chi connectivity index (χ1v) is 15.5. The molecule has 0 radical (unpaired) electrons. The number of aliphatic carboxylic acids is 1. The summed E-state index contributed by atoms with van der Waals surface area (Å²) in [5, 5.41) is 12.0. The summed E-state index contributed by atoms with van der Waals surface area (Å²) in [6.07, 6.45) is 0.449. The molecule has 0 saturated carbocycles. The Morgan fingerprint density at radius 3 is 2.30 bits per heavy atom. The van der Waals surface area contributed by atoms with E-state index in [4.69, 9.17) is 43.1 Å². The van der Waals surface area contributed by atoms with E-state index in [2.05, 4.69) is 15.9 Å². The summed E-state index contributed by atoms with van der Waals surface area (Å²) in [6, 6.07) is 16.1. The van der Waals surface area contributed by atoms with Crippen LogP contribution < -0.4 is 4.90 Å². The molecule has 0 amide bonds. The number of aromatic nitrogens is 1. The van der Waals surface area contributed by atoms with Crippen molar-refractivity contribution < 1.29 is 33.0 Å². The highest BCUT2D eigenvalue weighted by Gasteiger charge is 2.51. The van der Waals surface area contributed by atoms with Crippen molar-refractivity contribution in [2.45, 2.75) is 25.1 Å². The van der Waals surface area contributed by atoms with E-state index in [1.807, 2.05) is 29.6 Å². The van der Waals surface area contributed by atoms with Crippen molar-refractivity contribution in [2.24, 2.45) is 0 Å². The summed E-state index contributed by atoms with van der Waals surface area (Å²) >= 11 is 16.7. The molecule has 14 heteroatoms. The Hall–Kier alpha value is -2.37. The normalized spacial score (nSPS) is 12.0. The molecule has 7 nitrogen and oxygen atoms in total. The zero-order valence-corrected chi connectivity index (χ0v) is 25.1. The molecule has 1 aromatic heterocycles. The Labute approximate surface area is 250 Å². The Morgan fingerprint density at radius 1 is 1.02 bits per heavy atom. The van der Waals surface area contributed by atoms with Crippen LogP contribution in [0.15, 0.2) is 70.5 Å². The molecule has 0 aliphatic carbocycles. The van der Waals surface area contributed by atoms with Crippen LogP contribution >= 0.6 is 58.1 Å². The number of thiazole rings is 1. The third-order valence-corrected chi connectivity index (χ3v) is 9.11. The smallest absolute Gasteiger partial charge is 0.399 e. The molecule has 0 aliphatic rings. The number of carbonyl (C=O) groups is 1. The lowest BCUT2D eigenvalue weighted by molar-refractivity contribution is -0.136. The molecule has 3 N–H and O–H groups in total. The van der Waals surface area contributed by atoms with Crippen LogP contribution in [0.25, 0.3) is 11.3 Å². The van der Waals surface area contributed by atoms with Gasteiger partial charge in [0.15, 0.2) is 5.13 Å². The first-order valence-electron chi connectivity index (χ1n) is 11.5. The number of halogens is 5. The van der Waals surface area contributed by atoms with Crippen LogP contribution in [0.3, 0.4) is 0 Å². The summed E-state index contributed by atoms with van der Waals surface area (Å²) in [7, 11) is -5.74. The fraction of sp³-hybridized carbons (Fsp3) is 0.154. The van der Waals surface area contributed by atoms with Crippen LogP contribution in [0.2, 0.25) is 10.0 Å². The monoisotopic (exact) mass is 690 g/mol. The van der Waals surface area contributed by atoms with Gasteiger partial charge in [-0.25, -0.2) is 4.98 Å². The second-order valence-corrected chi connectivity index (χ2v) is 12.8. The molecule has 4 aromatic rings. The highest BCUT2D eigenvalue weighted by molar-refractivity contribution is 9.10. The van der Waals surface area contributed by atoms with E-state index in [-0.39, 0.29) is 17.4 Å². The maximum absolute atomic E-state index is 14.3. The van der Waals surface area contributed by atoms with Crippen molar-refractivity contribution in [2.75, 3.05) is 4.90 Å². The van der Waals surface area contributed by atoms with Crippen LogP contribution in [0, 0.1) is 0 Å². The average molecular weight is 692 g/mol. The van der Waals surface area contributed by atoms with Gasteiger partial charge in [0.2, 0.25) is 0 Å². The van der Waals surface area contributed by atoms with Crippen molar-refractivity contribution in [1.82, 2.24) is 4.98 Å². The van der Waals surface area contributed by atoms with Crippen LogP contribution in [-0.4, -0.2) is 25.8 Å². The van der Waals surface area contributed by atoms with Gasteiger partial charge in [-0.05, 0) is 41.8 Å². The number of hydrogen-bond donors (Lipinski definition) is 3. The minimum Gasteiger partial charge on any atom is -0.481 e. The number of carboxylic acids is 1. The molecule has 210 valence electrons. The third kappa shape index (κ3) is 6.91. The van der Waals surface area contributed by atoms with E-state index >= 15 is 0 Å². The van der Waals surface area contributed by atoms with Crippen LogP contribution in [0.5, 0.6) is 0 Å². The number of carboxylic acid groups (broad SMARTS) is 1. The van der Waals surface area contributed by atoms with Gasteiger partial charge in [0.25, 0.3) is 0 Å². The predicted octanol–water partition coefficient (Wildman–Crippen LogP) is 8.46. The first-order chi connectivity index (χ1) is 18.8. The van der Waals surface area contributed by atoms with E-state index < -0.39 is 24.8 Å². The second kappa shape index (κ2) is 12.2. The van der Waals surface area contributed by atoms with Gasteiger partial charge in [0.05, 0.1) is 22.3 Å². The molecule has 0 bridgehead atoms. The van der Waals surface area contributed by atoms with Crippen LogP contribution in [0.4, 0.5) is 19.6 Å². The van der Waals surface area contributed by atoms with Crippen molar-refractivity contribution in [3.63, 3.8) is 0 Å². The van der Waals surface area contributed by atoms with Gasteiger partial charge < -0.3 is 19.8 Å². The van der Waals surface area contributed by atoms with Gasteiger partial charge in [-0.3, -0.25) is 9.36 Å². The predicted molar refractivity (Wildman–Crippen MR) is 156 cm³/mol. The fourth-order valence-corrected chi connectivity index (χ4v) is 6.26. The Morgan fingerprint density at radius 2 is 1.70 bits per heavy atom. The van der Waals surface area contributed by atoms with E-state index in [1.165, 1.54) is 23.5 Å². The maximum Gasteiger partial charge on any atom is 0.399 e. The molecule has 1 heterocycles. The van der Waals surface area contributed by atoms with Crippen molar-refractivity contribution in [3.8, 4) is 11.3 Å². The molecule has 0 saturated heterocycles. The zero-order chi connectivity index (χ0) is 29.2. The number of rotatable bonds is 10. The van der Waals surface area contributed by atoms with E-state index in [0.717, 1.165) is 17.2 Å². The molecule has 0 spiro atoms. The minimum absolute atomic E-state index is 0.0346. The Balaban J connectivity index is 1.67. The van der Waals surface area contributed by atoms with Crippen LogP contribution in [-0.2, 0) is 28.0 Å². The van der Waals surface area contributed by atoms with Gasteiger partial charge >= 0.3 is 19.2 Å². The van der Waals surface area contributed by atoms with E-state index in [1.54, 1.807) is 23.1 Å². The lowest BCUT2D eigenvalue weighted by Gasteiger charge is -2.24. The molecule has 0 atom stereocenters. The van der Waals surface area contributed by atoms with E-state index in [0.29, 0.717) is 38.5 Å². The number of anilines is 2. The zero-order valence-electron chi connectivity index (χ0n) is 20.3. The molecule has 0 fully saturated rings. The van der Waals surface area contributed by atoms with Gasteiger partial charge in [0, 0.05) is 33.1 Å². The van der Waals surface area contributed by atoms with E-state index in [9.17, 15) is 18.1 Å². The summed E-state index contributed by atoms with van der Waals surface area (Å²) < 4.78 is 39.9. The largest absolute Gasteiger partial charge is 0.481 e. The number of benzene rings is 3. The summed E-state index contributed by atoms with van der Waals surface area (Å²) in [5.74, 6) is -0.868. The number of aryl methyl sites for hydroxylation is 1. The topological polar surface area (TPSA) is 111 Å². The second-order valence-electron chi connectivity index (χ2n) is 8.69. The summed E-state index contributed by atoms with van der Waals surface area (Å²) in [6.45, 7) is 0.152. The quantitative estimate of drug-likeness (QED) is 0.143. The van der Waals surface area contributed by atoms with Crippen molar-refractivity contribution in [3.05, 3.63) is 97.3 Å². The highest BCUT2D eigenvalue weighted by Crippen LogP contribution is 2.60. The average Bonchev–Trinajstić information content (AvgIpc) is 3.37. The molecule has 3 aromatic carbocycles. The third-order valence-electron chi connectivity index (χ3n) is 5.88. The van der Waals surface area contributed by atoms with Gasteiger partial charge in [-0.1, -0.05) is 75.5 Å². The number of hydrogen-bond acceptors (Lipinski definition) is 5. The molecular formula is C26H20BrCl2F2N2O5PS. The maximum atomic E-state index is 14.3. The SMILES string of the molecule is O=C(O)CCc1ccc(-c2csc(N(Cc3ccc(C(F)(F)P(=O)(O)O)c(Br)c3)c3ccc(Cl)c(Cl)c3)n2)cc1. The Kier molecular flexibility index (Phi) is 9.36. The van der Waals surface area contributed by atoms with Crippen molar-refractivity contribution >= 4 is 74.9 Å². The van der Waals surface area contributed by atoms with Gasteiger partial charge in [-0.2, -0.15) is 8.78 Å². The standard InChI is InChI=1S/C26H20BrCl2F2N2O5PS/c27-20-11-16(3-8-19(20)26(30,31)39(36,37)38)13-33(18-7-9-21(28)22(29)12-18)25-32-23(14-40-25)17-5-1-15(2-6-17)4-10-24(34)35/h1-3,5-9,11-12,14H,4,10,13H2,(H,34,35)(H2,36,37,38). The van der Waals surface area contributed by atoms with Gasteiger partial charge in [0.1, 0.15) is 0 Å². The number of alkyl halides is 2. The van der Waals surface area contributed by atoms with Gasteiger partial charge in [-0.15, -0.1) is 11.3 Å². The lowest BCUT2D eigenvalue weighted by atomic mass is 10.1. The highest BCUT2D eigenvalue weighted by atomic mass is 79.9. The summed E-state index contributed by atoms with van der Waals surface area (Å²) in [4.78, 5) is 35.6. The molecule has 40 heavy (non-hydrogen) atoms. The molecule has 4 rings (SSSR count). The molecule has 0 aliphatic heterocycles. The van der Waals surface area contributed by atoms with Crippen LogP contribution in [0.1, 0.15) is 23.1 Å². The Bertz CT molecular complexity index is 1600.